The SMILES string of the molecule is Cn1cccc1C(C)(N)CO. The first-order chi connectivity index (χ1) is 5.08. The van der Waals surface area contributed by atoms with Gasteiger partial charge in [0.1, 0.15) is 0 Å². The highest BCUT2D eigenvalue weighted by Crippen LogP contribution is 2.15. The lowest BCUT2D eigenvalue weighted by Crippen LogP contribution is -2.38. The molecule has 0 bridgehead atoms. The minimum absolute atomic E-state index is 0.0369. The molecule has 3 nitrogen and oxygen atoms in total. The van der Waals surface area contributed by atoms with E-state index in [0.717, 1.165) is 5.69 Å². The Bertz CT molecular complexity index is 240. The van der Waals surface area contributed by atoms with Crippen molar-refractivity contribution in [2.75, 3.05) is 6.61 Å². The van der Waals surface area contributed by atoms with Gasteiger partial charge < -0.3 is 15.4 Å². The van der Waals surface area contributed by atoms with Crippen LogP contribution in [0.5, 0.6) is 0 Å². The smallest absolute Gasteiger partial charge is 0.0768 e. The quantitative estimate of drug-likeness (QED) is 0.639. The summed E-state index contributed by atoms with van der Waals surface area (Å²) in [4.78, 5) is 0. The van der Waals surface area contributed by atoms with Gasteiger partial charge in [0.2, 0.25) is 0 Å². The van der Waals surface area contributed by atoms with Crippen molar-refractivity contribution < 1.29 is 5.11 Å². The summed E-state index contributed by atoms with van der Waals surface area (Å²) in [7, 11) is 1.91. The number of aliphatic hydroxyl groups excluding tert-OH is 1. The Balaban J connectivity index is 3.00. The molecule has 0 amide bonds. The number of nitrogens with zero attached hydrogens (tertiary/aromatic N) is 1. The molecule has 0 aliphatic heterocycles. The molecule has 1 aromatic heterocycles. The number of hydrogen-bond donors (Lipinski definition) is 2. The molecule has 1 heterocycles. The molecule has 0 saturated carbocycles. The fraction of sp³-hybridized carbons (Fsp3) is 0.500. The zero-order valence-electron chi connectivity index (χ0n) is 6.91. The first-order valence-electron chi connectivity index (χ1n) is 3.59. The average molecular weight is 154 g/mol. The van der Waals surface area contributed by atoms with Crippen molar-refractivity contribution in [3.8, 4) is 0 Å². The van der Waals surface area contributed by atoms with Gasteiger partial charge in [-0.15, -0.1) is 0 Å². The van der Waals surface area contributed by atoms with Gasteiger partial charge in [-0.3, -0.25) is 0 Å². The Morgan fingerprint density at radius 3 is 2.73 bits per heavy atom. The molecular weight excluding hydrogens is 140 g/mol. The van der Waals surface area contributed by atoms with Crippen molar-refractivity contribution in [3.05, 3.63) is 24.0 Å². The third-order valence-electron chi connectivity index (χ3n) is 1.86. The van der Waals surface area contributed by atoms with E-state index in [0.29, 0.717) is 0 Å². The molecule has 0 aromatic carbocycles. The van der Waals surface area contributed by atoms with Gasteiger partial charge in [0.05, 0.1) is 12.1 Å². The second-order valence-corrected chi connectivity index (χ2v) is 3.08. The van der Waals surface area contributed by atoms with E-state index < -0.39 is 5.54 Å². The second kappa shape index (κ2) is 2.68. The van der Waals surface area contributed by atoms with Gasteiger partial charge in [0.25, 0.3) is 0 Å². The van der Waals surface area contributed by atoms with Crippen LogP contribution in [0.1, 0.15) is 12.6 Å². The van der Waals surface area contributed by atoms with Gasteiger partial charge in [-0.05, 0) is 19.1 Å². The maximum Gasteiger partial charge on any atom is 0.0768 e. The van der Waals surface area contributed by atoms with E-state index in [2.05, 4.69) is 0 Å². The number of aryl methyl sites for hydroxylation is 1. The van der Waals surface area contributed by atoms with Crippen LogP contribution in [0.4, 0.5) is 0 Å². The van der Waals surface area contributed by atoms with Crippen LogP contribution in [0, 0.1) is 0 Å². The highest BCUT2D eigenvalue weighted by molar-refractivity contribution is 5.16. The predicted octanol–water partition coefficient (Wildman–Crippen LogP) is 0.191. The highest BCUT2D eigenvalue weighted by Gasteiger charge is 2.21. The van der Waals surface area contributed by atoms with Crippen LogP contribution in [-0.4, -0.2) is 16.3 Å². The first kappa shape index (κ1) is 8.30. The van der Waals surface area contributed by atoms with Crippen LogP contribution in [0.2, 0.25) is 0 Å². The molecule has 1 aromatic rings. The molecule has 0 aliphatic rings. The lowest BCUT2D eigenvalue weighted by atomic mass is 10.0. The van der Waals surface area contributed by atoms with Crippen LogP contribution >= 0.6 is 0 Å². The van der Waals surface area contributed by atoms with Gasteiger partial charge >= 0.3 is 0 Å². The summed E-state index contributed by atoms with van der Waals surface area (Å²) in [6, 6.07) is 3.83. The summed E-state index contributed by atoms with van der Waals surface area (Å²) >= 11 is 0. The lowest BCUT2D eigenvalue weighted by Gasteiger charge is -2.22. The Morgan fingerprint density at radius 1 is 1.73 bits per heavy atom. The third-order valence-corrected chi connectivity index (χ3v) is 1.86. The summed E-state index contributed by atoms with van der Waals surface area (Å²) in [6.45, 7) is 1.77. The molecule has 0 saturated heterocycles. The van der Waals surface area contributed by atoms with E-state index in [1.54, 1.807) is 0 Å². The van der Waals surface area contributed by atoms with Crippen LogP contribution in [0.3, 0.4) is 0 Å². The Morgan fingerprint density at radius 2 is 2.36 bits per heavy atom. The molecule has 0 aliphatic carbocycles. The van der Waals surface area contributed by atoms with Crippen molar-refractivity contribution in [3.63, 3.8) is 0 Å². The fourth-order valence-electron chi connectivity index (χ4n) is 1.14. The largest absolute Gasteiger partial charge is 0.394 e. The highest BCUT2D eigenvalue weighted by atomic mass is 16.3. The van der Waals surface area contributed by atoms with Crippen LogP contribution in [0.15, 0.2) is 18.3 Å². The average Bonchev–Trinajstić information content (AvgIpc) is 2.36. The van der Waals surface area contributed by atoms with E-state index in [9.17, 15) is 0 Å². The topological polar surface area (TPSA) is 51.2 Å². The van der Waals surface area contributed by atoms with Crippen molar-refractivity contribution >= 4 is 0 Å². The molecule has 11 heavy (non-hydrogen) atoms. The molecule has 62 valence electrons. The van der Waals surface area contributed by atoms with Gasteiger partial charge in [-0.2, -0.15) is 0 Å². The summed E-state index contributed by atoms with van der Waals surface area (Å²) in [5, 5.41) is 8.95. The van der Waals surface area contributed by atoms with Crippen molar-refractivity contribution in [2.45, 2.75) is 12.5 Å². The van der Waals surface area contributed by atoms with E-state index in [1.807, 2.05) is 36.9 Å². The predicted molar refractivity (Wildman–Crippen MR) is 44.0 cm³/mol. The van der Waals surface area contributed by atoms with Crippen molar-refractivity contribution in [1.82, 2.24) is 4.57 Å². The fourth-order valence-corrected chi connectivity index (χ4v) is 1.14. The number of nitrogens with two attached hydrogens (primary N) is 1. The first-order valence-corrected chi connectivity index (χ1v) is 3.59. The van der Waals surface area contributed by atoms with Crippen LogP contribution in [0.25, 0.3) is 0 Å². The molecular formula is C8H14N2O. The zero-order valence-corrected chi connectivity index (χ0v) is 6.91. The molecule has 0 fully saturated rings. The normalized spacial score (nSPS) is 16.4. The summed E-state index contributed by atoms with van der Waals surface area (Å²) in [5.41, 5.74) is 6.13. The monoisotopic (exact) mass is 154 g/mol. The number of hydrogen-bond acceptors (Lipinski definition) is 2. The molecule has 0 radical (unpaired) electrons. The second-order valence-electron chi connectivity index (χ2n) is 3.08. The van der Waals surface area contributed by atoms with Gasteiger partial charge in [0, 0.05) is 18.9 Å². The number of aromatic nitrogens is 1. The third kappa shape index (κ3) is 1.44. The van der Waals surface area contributed by atoms with Gasteiger partial charge in [-0.1, -0.05) is 0 Å². The molecule has 1 unspecified atom stereocenters. The summed E-state index contributed by atoms with van der Waals surface area (Å²) < 4.78 is 1.91. The van der Waals surface area contributed by atoms with E-state index in [4.69, 9.17) is 10.8 Å². The Hall–Kier alpha value is -0.800. The Kier molecular flexibility index (Phi) is 2.02. The maximum atomic E-state index is 8.95. The van der Waals surface area contributed by atoms with E-state index in [1.165, 1.54) is 0 Å². The summed E-state index contributed by atoms with van der Waals surface area (Å²) in [5.74, 6) is 0. The number of rotatable bonds is 2. The minimum atomic E-state index is -0.627. The standard InChI is InChI=1S/C8H14N2O/c1-8(9,6-11)7-4-3-5-10(7)2/h3-5,11H,6,9H2,1-2H3. The van der Waals surface area contributed by atoms with Gasteiger partial charge in [-0.25, -0.2) is 0 Å². The van der Waals surface area contributed by atoms with Crippen molar-refractivity contribution in [2.24, 2.45) is 12.8 Å². The van der Waals surface area contributed by atoms with E-state index >= 15 is 0 Å². The molecule has 3 N–H and O–H groups in total. The summed E-state index contributed by atoms with van der Waals surface area (Å²) in [6.07, 6.45) is 1.91. The van der Waals surface area contributed by atoms with Crippen LogP contribution in [-0.2, 0) is 12.6 Å². The Labute approximate surface area is 66.4 Å². The molecule has 1 atom stereocenters. The van der Waals surface area contributed by atoms with Crippen LogP contribution < -0.4 is 5.73 Å². The molecule has 0 spiro atoms. The molecule has 3 heteroatoms. The minimum Gasteiger partial charge on any atom is -0.394 e. The van der Waals surface area contributed by atoms with E-state index in [-0.39, 0.29) is 6.61 Å². The molecule has 1 rings (SSSR count). The number of aliphatic hydroxyl groups is 1. The maximum absolute atomic E-state index is 8.95. The lowest BCUT2D eigenvalue weighted by molar-refractivity contribution is 0.204. The van der Waals surface area contributed by atoms with Crippen molar-refractivity contribution in [1.29, 1.82) is 0 Å². The van der Waals surface area contributed by atoms with Gasteiger partial charge in [0.15, 0.2) is 0 Å². The zero-order chi connectivity index (χ0) is 8.48.